The molecule has 0 saturated heterocycles. The molecule has 0 radical (unpaired) electrons. The topological polar surface area (TPSA) is 98.8 Å². The lowest BCUT2D eigenvalue weighted by atomic mass is 10.1. The van der Waals surface area contributed by atoms with Crippen LogP contribution in [0.15, 0.2) is 16.1 Å². The van der Waals surface area contributed by atoms with E-state index >= 15 is 0 Å². The molecule has 0 unspecified atom stereocenters. The first-order valence-corrected chi connectivity index (χ1v) is 7.02. The first kappa shape index (κ1) is 14.2. The predicted octanol–water partition coefficient (Wildman–Crippen LogP) is 2.40. The van der Waals surface area contributed by atoms with Gasteiger partial charge in [-0.2, -0.15) is 15.2 Å². The first-order chi connectivity index (χ1) is 9.81. The van der Waals surface area contributed by atoms with Gasteiger partial charge in [-0.1, -0.05) is 32.6 Å². The van der Waals surface area contributed by atoms with Gasteiger partial charge in [0.15, 0.2) is 5.82 Å². The van der Waals surface area contributed by atoms with Crippen molar-refractivity contribution in [2.75, 3.05) is 5.43 Å². The van der Waals surface area contributed by atoms with E-state index in [1.807, 2.05) is 6.21 Å². The summed E-state index contributed by atoms with van der Waals surface area (Å²) in [4.78, 5) is 17.7. The summed E-state index contributed by atoms with van der Waals surface area (Å²) in [6, 6.07) is 0. The zero-order valence-electron chi connectivity index (χ0n) is 11.6. The van der Waals surface area contributed by atoms with Crippen molar-refractivity contribution in [3.63, 3.8) is 0 Å². The fourth-order valence-electron chi connectivity index (χ4n) is 1.95. The molecule has 0 aliphatic heterocycles. The summed E-state index contributed by atoms with van der Waals surface area (Å²) in [6.07, 6.45) is 10.5. The Morgan fingerprint density at radius 3 is 3.05 bits per heavy atom. The molecule has 0 saturated carbocycles. The summed E-state index contributed by atoms with van der Waals surface area (Å²) in [5, 5.41) is 11.4. The Bertz CT molecular complexity index is 615. The minimum absolute atomic E-state index is 0.416. The van der Waals surface area contributed by atoms with Crippen LogP contribution in [0.2, 0.25) is 0 Å². The van der Waals surface area contributed by atoms with Gasteiger partial charge >= 0.3 is 5.69 Å². The highest BCUT2D eigenvalue weighted by Crippen LogP contribution is 2.14. The van der Waals surface area contributed by atoms with Crippen LogP contribution >= 0.6 is 0 Å². The molecule has 0 atom stereocenters. The van der Waals surface area contributed by atoms with Crippen LogP contribution in [0.5, 0.6) is 0 Å². The second-order valence-electron chi connectivity index (χ2n) is 4.68. The molecule has 0 fully saturated rings. The molecule has 2 aromatic heterocycles. The molecule has 7 heteroatoms. The molecule has 0 spiro atoms. The van der Waals surface area contributed by atoms with Gasteiger partial charge in [-0.25, -0.2) is 4.79 Å². The molecule has 7 nitrogen and oxygen atoms in total. The maximum atomic E-state index is 11.3. The van der Waals surface area contributed by atoms with Crippen molar-refractivity contribution in [1.29, 1.82) is 0 Å². The first-order valence-electron chi connectivity index (χ1n) is 7.02. The molecule has 2 heterocycles. The van der Waals surface area contributed by atoms with Gasteiger partial charge in [0.25, 0.3) is 0 Å². The Hall–Kier alpha value is -2.18. The number of nitrogens with zero attached hydrogens (tertiary/aromatic N) is 3. The van der Waals surface area contributed by atoms with Crippen LogP contribution in [0.25, 0.3) is 11.0 Å². The molecule has 2 rings (SSSR count). The summed E-state index contributed by atoms with van der Waals surface area (Å²) >= 11 is 0. The van der Waals surface area contributed by atoms with E-state index in [9.17, 15) is 4.79 Å². The van der Waals surface area contributed by atoms with Gasteiger partial charge in [0.2, 0.25) is 0 Å². The van der Waals surface area contributed by atoms with Crippen molar-refractivity contribution in [2.24, 2.45) is 5.10 Å². The van der Waals surface area contributed by atoms with Crippen LogP contribution in [0.1, 0.15) is 45.4 Å². The maximum absolute atomic E-state index is 11.3. The smallest absolute Gasteiger partial charge is 0.290 e. The van der Waals surface area contributed by atoms with Crippen LogP contribution in [-0.2, 0) is 0 Å². The summed E-state index contributed by atoms with van der Waals surface area (Å²) in [7, 11) is 0. The number of hydrogen-bond acceptors (Lipinski definition) is 5. The SMILES string of the molecule is CCCCCCC/C=N/Nc1nc(=O)[nH]c2[nH]ncc12. The molecular weight excluding hydrogens is 256 g/mol. The van der Waals surface area contributed by atoms with E-state index in [2.05, 4.69) is 37.6 Å². The number of H-pyrrole nitrogens is 2. The Morgan fingerprint density at radius 2 is 2.20 bits per heavy atom. The minimum atomic E-state index is -0.431. The van der Waals surface area contributed by atoms with E-state index < -0.39 is 5.69 Å². The number of hydrogen-bond donors (Lipinski definition) is 3. The molecule has 2 aromatic rings. The fourth-order valence-corrected chi connectivity index (χ4v) is 1.95. The monoisotopic (exact) mass is 276 g/mol. The lowest BCUT2D eigenvalue weighted by molar-refractivity contribution is 0.645. The van der Waals surface area contributed by atoms with Gasteiger partial charge in [0.1, 0.15) is 5.65 Å². The van der Waals surface area contributed by atoms with E-state index in [0.717, 1.165) is 12.8 Å². The van der Waals surface area contributed by atoms with Gasteiger partial charge in [0.05, 0.1) is 11.6 Å². The van der Waals surface area contributed by atoms with Crippen LogP contribution in [0, 0.1) is 0 Å². The summed E-state index contributed by atoms with van der Waals surface area (Å²) < 4.78 is 0. The average Bonchev–Trinajstić information content (AvgIpc) is 2.89. The van der Waals surface area contributed by atoms with Crippen LogP contribution in [-0.4, -0.2) is 26.4 Å². The molecule has 0 bridgehead atoms. The minimum Gasteiger partial charge on any atom is -0.290 e. The Balaban J connectivity index is 1.83. The highest BCUT2D eigenvalue weighted by molar-refractivity contribution is 5.85. The van der Waals surface area contributed by atoms with Crippen LogP contribution in [0.3, 0.4) is 0 Å². The zero-order valence-corrected chi connectivity index (χ0v) is 11.6. The standard InChI is InChI=1S/C13H20N6O/c1-2-3-4-5-6-7-8-14-18-11-10-9-15-19-12(10)17-13(20)16-11/h8-9H,2-7H2,1H3,(H3,15,16,17,18,19,20)/b14-8+. The second-order valence-corrected chi connectivity index (χ2v) is 4.68. The maximum Gasteiger partial charge on any atom is 0.348 e. The second kappa shape index (κ2) is 7.42. The van der Waals surface area contributed by atoms with E-state index in [0.29, 0.717) is 16.9 Å². The predicted molar refractivity (Wildman–Crippen MR) is 80.0 cm³/mol. The molecule has 3 N–H and O–H groups in total. The van der Waals surface area contributed by atoms with E-state index in [1.54, 1.807) is 6.20 Å². The number of aromatic nitrogens is 4. The molecule has 0 aromatic carbocycles. The number of anilines is 1. The van der Waals surface area contributed by atoms with E-state index in [-0.39, 0.29) is 0 Å². The third kappa shape index (κ3) is 3.91. The average molecular weight is 276 g/mol. The summed E-state index contributed by atoms with van der Waals surface area (Å²) in [5.74, 6) is 0.416. The quantitative estimate of drug-likeness (QED) is 0.391. The van der Waals surface area contributed by atoms with Crippen molar-refractivity contribution in [2.45, 2.75) is 45.4 Å². The fraction of sp³-hybridized carbons (Fsp3) is 0.538. The van der Waals surface area contributed by atoms with Gasteiger partial charge in [-0.05, 0) is 12.8 Å². The van der Waals surface area contributed by atoms with Gasteiger partial charge in [0, 0.05) is 6.21 Å². The molecule has 0 amide bonds. The molecule has 0 aliphatic carbocycles. The van der Waals surface area contributed by atoms with E-state index in [1.165, 1.54) is 25.7 Å². The largest absolute Gasteiger partial charge is 0.348 e. The number of rotatable bonds is 8. The van der Waals surface area contributed by atoms with Crippen LogP contribution < -0.4 is 11.1 Å². The van der Waals surface area contributed by atoms with Crippen molar-refractivity contribution >= 4 is 23.1 Å². The molecule has 108 valence electrons. The summed E-state index contributed by atoms with van der Waals surface area (Å²) in [5.41, 5.74) is 2.91. The highest BCUT2D eigenvalue weighted by atomic mass is 16.1. The lowest BCUT2D eigenvalue weighted by Crippen LogP contribution is -2.12. The number of aromatic amines is 2. The van der Waals surface area contributed by atoms with Crippen LogP contribution in [0.4, 0.5) is 5.82 Å². The van der Waals surface area contributed by atoms with Crippen molar-refractivity contribution in [3.8, 4) is 0 Å². The Morgan fingerprint density at radius 1 is 1.35 bits per heavy atom. The third-order valence-electron chi connectivity index (χ3n) is 3.04. The van der Waals surface area contributed by atoms with Crippen molar-refractivity contribution in [3.05, 3.63) is 16.7 Å². The summed E-state index contributed by atoms with van der Waals surface area (Å²) in [6.45, 7) is 2.20. The zero-order chi connectivity index (χ0) is 14.2. The number of fused-ring (bicyclic) bond motifs is 1. The van der Waals surface area contributed by atoms with Gasteiger partial charge in [-0.3, -0.25) is 15.5 Å². The number of hydrazone groups is 1. The van der Waals surface area contributed by atoms with Gasteiger partial charge in [-0.15, -0.1) is 0 Å². The Kier molecular flexibility index (Phi) is 5.28. The highest BCUT2D eigenvalue weighted by Gasteiger charge is 2.05. The molecule has 0 aliphatic rings. The number of unbranched alkanes of at least 4 members (excludes halogenated alkanes) is 5. The normalized spacial score (nSPS) is 11.4. The van der Waals surface area contributed by atoms with Gasteiger partial charge < -0.3 is 0 Å². The molecular formula is C13H20N6O. The van der Waals surface area contributed by atoms with Crippen molar-refractivity contribution < 1.29 is 0 Å². The van der Waals surface area contributed by atoms with E-state index in [4.69, 9.17) is 0 Å². The Labute approximate surface area is 116 Å². The molecule has 20 heavy (non-hydrogen) atoms. The third-order valence-corrected chi connectivity index (χ3v) is 3.04. The number of nitrogens with one attached hydrogen (secondary N) is 3. The lowest BCUT2D eigenvalue weighted by Gasteiger charge is -1.99. The van der Waals surface area contributed by atoms with Crippen molar-refractivity contribution in [1.82, 2.24) is 20.2 Å².